The minimum atomic E-state index is -0.364. The van der Waals surface area contributed by atoms with E-state index in [0.29, 0.717) is 10.6 Å². The van der Waals surface area contributed by atoms with Crippen LogP contribution in [0.2, 0.25) is 0 Å². The lowest BCUT2D eigenvalue weighted by Crippen LogP contribution is -2.45. The predicted octanol–water partition coefficient (Wildman–Crippen LogP) is 3.23. The van der Waals surface area contributed by atoms with E-state index in [4.69, 9.17) is 10.5 Å². The van der Waals surface area contributed by atoms with Crippen molar-refractivity contribution < 1.29 is 9.53 Å². The molecule has 3 rings (SSSR count). The lowest BCUT2D eigenvalue weighted by atomic mass is 9.99. The van der Waals surface area contributed by atoms with Crippen LogP contribution in [0.15, 0.2) is 24.3 Å². The molecular weight excluding hydrogens is 346 g/mol. The van der Waals surface area contributed by atoms with E-state index in [0.717, 1.165) is 55.3 Å². The Balaban J connectivity index is 1.94. The zero-order valence-electron chi connectivity index (χ0n) is 15.7. The summed E-state index contributed by atoms with van der Waals surface area (Å²) in [5.41, 5.74) is 9.87. The maximum absolute atomic E-state index is 12.4. The number of thiophene rings is 1. The number of piperazine rings is 1. The van der Waals surface area contributed by atoms with Gasteiger partial charge >= 0.3 is 5.97 Å². The molecule has 0 spiro atoms. The third-order valence-corrected chi connectivity index (χ3v) is 6.02. The number of nitrogen functional groups attached to an aromatic ring is 1. The number of nitrogens with two attached hydrogens (primary N) is 1. The largest absolute Gasteiger partial charge is 0.465 e. The van der Waals surface area contributed by atoms with Crippen molar-refractivity contribution in [3.63, 3.8) is 0 Å². The van der Waals surface area contributed by atoms with Gasteiger partial charge in [-0.3, -0.25) is 4.90 Å². The molecule has 1 saturated heterocycles. The van der Waals surface area contributed by atoms with Gasteiger partial charge in [0.2, 0.25) is 0 Å². The summed E-state index contributed by atoms with van der Waals surface area (Å²) in [4.78, 5) is 18.4. The Morgan fingerprint density at radius 1 is 1.15 bits per heavy atom. The highest BCUT2D eigenvalue weighted by Gasteiger charge is 2.26. The Hall–Kier alpha value is -1.89. The first-order valence-corrected chi connectivity index (χ1v) is 9.86. The summed E-state index contributed by atoms with van der Waals surface area (Å²) >= 11 is 1.51. The van der Waals surface area contributed by atoms with Gasteiger partial charge in [-0.25, -0.2) is 4.79 Å². The maximum Gasteiger partial charge on any atom is 0.341 e. The molecule has 0 amide bonds. The first kappa shape index (κ1) is 18.9. The summed E-state index contributed by atoms with van der Waals surface area (Å²) in [6.07, 6.45) is 0. The number of likely N-dealkylation sites (N-methyl/N-ethyl adjacent to an activating group) is 1. The molecular formula is C20H27N3O2S. The molecule has 2 N–H and O–H groups in total. The first-order chi connectivity index (χ1) is 12.5. The zero-order valence-corrected chi connectivity index (χ0v) is 16.6. The van der Waals surface area contributed by atoms with Crippen LogP contribution in [0.4, 0.5) is 5.00 Å². The third kappa shape index (κ3) is 3.92. The van der Waals surface area contributed by atoms with E-state index in [1.165, 1.54) is 24.0 Å². The Labute approximate surface area is 159 Å². The highest BCUT2D eigenvalue weighted by molar-refractivity contribution is 7.17. The molecule has 0 aliphatic carbocycles. The van der Waals surface area contributed by atoms with Crippen LogP contribution in [-0.4, -0.2) is 55.6 Å². The molecule has 5 nitrogen and oxygen atoms in total. The molecule has 0 atom stereocenters. The molecule has 6 heteroatoms. The van der Waals surface area contributed by atoms with Crippen molar-refractivity contribution in [3.05, 3.63) is 40.3 Å². The number of esters is 1. The molecule has 1 aliphatic rings. The Kier molecular flexibility index (Phi) is 5.96. The van der Waals surface area contributed by atoms with Crippen LogP contribution in [0, 0.1) is 6.92 Å². The lowest BCUT2D eigenvalue weighted by molar-refractivity contribution is 0.0603. The number of nitrogens with zero attached hydrogens (tertiary/aromatic N) is 2. The standard InChI is InChI=1S/C20H27N3O2S/c1-4-22-9-11-23(12-10-22)13-16-17(15-7-5-14(2)6-8-15)18(19(21)26-16)20(24)25-3/h5-8H,4,9-13,21H2,1-3H3. The number of hydrogen-bond donors (Lipinski definition) is 1. The number of carbonyl (C=O) groups is 1. The van der Waals surface area contributed by atoms with Gasteiger partial charge in [-0.2, -0.15) is 0 Å². The van der Waals surface area contributed by atoms with E-state index < -0.39 is 0 Å². The fourth-order valence-corrected chi connectivity index (χ4v) is 4.53. The van der Waals surface area contributed by atoms with Crippen LogP contribution in [0.1, 0.15) is 27.7 Å². The molecule has 2 aromatic rings. The molecule has 1 aliphatic heterocycles. The molecule has 1 aromatic carbocycles. The number of anilines is 1. The van der Waals surface area contributed by atoms with Gasteiger partial charge in [0.1, 0.15) is 10.6 Å². The Morgan fingerprint density at radius 3 is 2.35 bits per heavy atom. The first-order valence-electron chi connectivity index (χ1n) is 9.04. The number of methoxy groups -OCH3 is 1. The van der Waals surface area contributed by atoms with E-state index in [1.807, 2.05) is 0 Å². The monoisotopic (exact) mass is 373 g/mol. The summed E-state index contributed by atoms with van der Waals surface area (Å²) in [5.74, 6) is -0.364. The van der Waals surface area contributed by atoms with Gasteiger partial charge in [0.25, 0.3) is 0 Å². The summed E-state index contributed by atoms with van der Waals surface area (Å²) in [5, 5.41) is 0.537. The van der Waals surface area contributed by atoms with Crippen molar-refractivity contribution >= 4 is 22.3 Å². The van der Waals surface area contributed by atoms with Gasteiger partial charge in [0.05, 0.1) is 7.11 Å². The number of hydrogen-bond acceptors (Lipinski definition) is 6. The SMILES string of the molecule is CCN1CCN(Cc2sc(N)c(C(=O)OC)c2-c2ccc(C)cc2)CC1. The number of ether oxygens (including phenoxy) is 1. The van der Waals surface area contributed by atoms with Crippen molar-refractivity contribution in [2.75, 3.05) is 45.6 Å². The Morgan fingerprint density at radius 2 is 1.77 bits per heavy atom. The van der Waals surface area contributed by atoms with Crippen molar-refractivity contribution in [2.24, 2.45) is 0 Å². The normalized spacial score (nSPS) is 16.0. The molecule has 1 fully saturated rings. The number of carbonyl (C=O) groups excluding carboxylic acids is 1. The van der Waals surface area contributed by atoms with Crippen LogP contribution >= 0.6 is 11.3 Å². The van der Waals surface area contributed by atoms with Gasteiger partial charge < -0.3 is 15.4 Å². The van der Waals surface area contributed by atoms with Crippen LogP contribution in [0.3, 0.4) is 0 Å². The summed E-state index contributed by atoms with van der Waals surface area (Å²) < 4.78 is 5.00. The molecule has 26 heavy (non-hydrogen) atoms. The summed E-state index contributed by atoms with van der Waals surface area (Å²) in [6.45, 7) is 10.4. The van der Waals surface area contributed by atoms with Gasteiger partial charge in [-0.15, -0.1) is 11.3 Å². The zero-order chi connectivity index (χ0) is 18.7. The van der Waals surface area contributed by atoms with E-state index in [9.17, 15) is 4.79 Å². The average Bonchev–Trinajstić information content (AvgIpc) is 2.98. The lowest BCUT2D eigenvalue weighted by Gasteiger charge is -2.33. The van der Waals surface area contributed by atoms with Crippen molar-refractivity contribution in [2.45, 2.75) is 20.4 Å². The number of rotatable bonds is 5. The fourth-order valence-electron chi connectivity index (χ4n) is 3.41. The maximum atomic E-state index is 12.4. The minimum Gasteiger partial charge on any atom is -0.465 e. The van der Waals surface area contributed by atoms with E-state index in [-0.39, 0.29) is 5.97 Å². The highest BCUT2D eigenvalue weighted by Crippen LogP contribution is 2.40. The van der Waals surface area contributed by atoms with E-state index >= 15 is 0 Å². The quantitative estimate of drug-likeness (QED) is 0.816. The van der Waals surface area contributed by atoms with Crippen LogP contribution in [-0.2, 0) is 11.3 Å². The van der Waals surface area contributed by atoms with Crippen LogP contribution in [0.5, 0.6) is 0 Å². The van der Waals surface area contributed by atoms with Gasteiger partial charge in [0.15, 0.2) is 0 Å². The van der Waals surface area contributed by atoms with Crippen LogP contribution < -0.4 is 5.73 Å². The van der Waals surface area contributed by atoms with Crippen molar-refractivity contribution in [3.8, 4) is 11.1 Å². The topological polar surface area (TPSA) is 58.8 Å². The molecule has 140 valence electrons. The fraction of sp³-hybridized carbons (Fsp3) is 0.450. The highest BCUT2D eigenvalue weighted by atomic mass is 32.1. The molecule has 0 unspecified atom stereocenters. The van der Waals surface area contributed by atoms with Crippen molar-refractivity contribution in [1.82, 2.24) is 9.80 Å². The average molecular weight is 374 g/mol. The molecule has 0 saturated carbocycles. The minimum absolute atomic E-state index is 0.364. The van der Waals surface area contributed by atoms with Gasteiger partial charge in [-0.1, -0.05) is 36.8 Å². The van der Waals surface area contributed by atoms with Gasteiger partial charge in [-0.05, 0) is 19.0 Å². The van der Waals surface area contributed by atoms with E-state index in [1.54, 1.807) is 0 Å². The second kappa shape index (κ2) is 8.20. The second-order valence-electron chi connectivity index (χ2n) is 6.71. The summed E-state index contributed by atoms with van der Waals surface area (Å²) in [6, 6.07) is 8.24. The number of benzene rings is 1. The molecule has 0 radical (unpaired) electrons. The van der Waals surface area contributed by atoms with Crippen LogP contribution in [0.25, 0.3) is 11.1 Å². The van der Waals surface area contributed by atoms with Gasteiger partial charge in [0, 0.05) is 43.2 Å². The smallest absolute Gasteiger partial charge is 0.341 e. The predicted molar refractivity (Wildman–Crippen MR) is 108 cm³/mol. The van der Waals surface area contributed by atoms with E-state index in [2.05, 4.69) is 47.9 Å². The molecule has 1 aromatic heterocycles. The third-order valence-electron chi connectivity index (χ3n) is 5.02. The second-order valence-corrected chi connectivity index (χ2v) is 7.84. The Bertz CT molecular complexity index is 762. The summed E-state index contributed by atoms with van der Waals surface area (Å²) in [7, 11) is 1.40. The number of aryl methyl sites for hydroxylation is 1. The molecule has 0 bridgehead atoms. The molecule has 2 heterocycles. The van der Waals surface area contributed by atoms with Crippen molar-refractivity contribution in [1.29, 1.82) is 0 Å².